The topological polar surface area (TPSA) is 84.2 Å². The fourth-order valence-corrected chi connectivity index (χ4v) is 2.09. The van der Waals surface area contributed by atoms with Gasteiger partial charge in [-0.05, 0) is 19.8 Å². The Morgan fingerprint density at radius 3 is 2.53 bits per heavy atom. The van der Waals surface area contributed by atoms with E-state index in [2.05, 4.69) is 10.2 Å². The van der Waals surface area contributed by atoms with Gasteiger partial charge in [0.15, 0.2) is 5.69 Å². The number of aromatic amines is 1. The molecule has 108 valence electrons. The van der Waals surface area contributed by atoms with Gasteiger partial charge >= 0.3 is 0 Å². The van der Waals surface area contributed by atoms with Crippen LogP contribution in [0.25, 0.3) is 0 Å². The summed E-state index contributed by atoms with van der Waals surface area (Å²) in [5, 5.41) is 6.92. The number of ether oxygens (including phenoxy) is 1. The molecule has 0 aliphatic rings. The van der Waals surface area contributed by atoms with E-state index in [1.807, 2.05) is 27.7 Å². The van der Waals surface area contributed by atoms with Crippen LogP contribution in [0.1, 0.15) is 49.8 Å². The number of carbonyl (C=O) groups is 1. The maximum atomic E-state index is 12.5. The molecule has 0 bridgehead atoms. The number of methoxy groups -OCH3 is 1. The molecule has 0 saturated carbocycles. The Labute approximate surface area is 114 Å². The fourth-order valence-electron chi connectivity index (χ4n) is 2.09. The first-order chi connectivity index (χ1) is 8.93. The summed E-state index contributed by atoms with van der Waals surface area (Å²) in [6.07, 6.45) is 0. The second kappa shape index (κ2) is 6.56. The summed E-state index contributed by atoms with van der Waals surface area (Å²) in [5.41, 5.74) is 7.55. The summed E-state index contributed by atoms with van der Waals surface area (Å²) in [5.74, 6) is 0.0493. The average molecular weight is 268 g/mol. The number of nitrogens with zero attached hydrogens (tertiary/aromatic N) is 2. The van der Waals surface area contributed by atoms with Crippen LogP contribution in [-0.2, 0) is 4.74 Å². The van der Waals surface area contributed by atoms with Crippen LogP contribution in [-0.4, -0.2) is 47.3 Å². The van der Waals surface area contributed by atoms with E-state index in [-0.39, 0.29) is 17.9 Å². The number of nitrogen functional groups attached to an aromatic ring is 1. The summed E-state index contributed by atoms with van der Waals surface area (Å²) in [4.78, 5) is 14.2. The molecular weight excluding hydrogens is 244 g/mol. The molecule has 1 amide bonds. The molecule has 1 aromatic heterocycles. The molecule has 3 N–H and O–H groups in total. The first-order valence-electron chi connectivity index (χ1n) is 6.57. The summed E-state index contributed by atoms with van der Waals surface area (Å²) in [6.45, 7) is 8.95. The largest absolute Gasteiger partial charge is 0.395 e. The van der Waals surface area contributed by atoms with Gasteiger partial charge < -0.3 is 15.4 Å². The summed E-state index contributed by atoms with van der Waals surface area (Å²) >= 11 is 0. The molecule has 6 heteroatoms. The van der Waals surface area contributed by atoms with Crippen LogP contribution in [0.2, 0.25) is 0 Å². The van der Waals surface area contributed by atoms with Crippen molar-refractivity contribution in [1.82, 2.24) is 15.1 Å². The van der Waals surface area contributed by atoms with Crippen molar-refractivity contribution in [2.45, 2.75) is 39.7 Å². The molecule has 0 aromatic carbocycles. The molecule has 0 saturated heterocycles. The van der Waals surface area contributed by atoms with Crippen molar-refractivity contribution in [2.24, 2.45) is 0 Å². The first kappa shape index (κ1) is 15.5. The van der Waals surface area contributed by atoms with Crippen LogP contribution in [0.15, 0.2) is 0 Å². The number of H-pyrrole nitrogens is 1. The number of nitrogens with two attached hydrogens (primary N) is 1. The predicted molar refractivity (Wildman–Crippen MR) is 75.1 cm³/mol. The highest BCUT2D eigenvalue weighted by Crippen LogP contribution is 2.23. The van der Waals surface area contributed by atoms with E-state index in [4.69, 9.17) is 10.5 Å². The Hall–Kier alpha value is -1.56. The molecule has 1 unspecified atom stereocenters. The Kier molecular flexibility index (Phi) is 5.35. The number of hydrogen-bond acceptors (Lipinski definition) is 4. The Bertz CT molecular complexity index is 428. The van der Waals surface area contributed by atoms with Gasteiger partial charge in [-0.25, -0.2) is 0 Å². The summed E-state index contributed by atoms with van der Waals surface area (Å²) < 4.78 is 5.09. The van der Waals surface area contributed by atoms with Crippen molar-refractivity contribution >= 4 is 11.6 Å². The van der Waals surface area contributed by atoms with Crippen molar-refractivity contribution in [1.29, 1.82) is 0 Å². The minimum absolute atomic E-state index is 0.0129. The minimum atomic E-state index is -0.160. The smallest absolute Gasteiger partial charge is 0.276 e. The zero-order valence-corrected chi connectivity index (χ0v) is 12.4. The molecule has 0 aliphatic carbocycles. The third-order valence-corrected chi connectivity index (χ3v) is 3.15. The minimum Gasteiger partial charge on any atom is -0.395 e. The number of amides is 1. The fraction of sp³-hybridized carbons (Fsp3) is 0.692. The quantitative estimate of drug-likeness (QED) is 0.821. The Morgan fingerprint density at radius 1 is 1.47 bits per heavy atom. The van der Waals surface area contributed by atoms with E-state index in [0.29, 0.717) is 24.5 Å². The van der Waals surface area contributed by atoms with Gasteiger partial charge in [0.25, 0.3) is 5.91 Å². The SMILES string of the molecule is CCN(C(=O)c1n[nH]c(C(C)C)c1N)C(C)COC. The molecule has 0 fully saturated rings. The van der Waals surface area contributed by atoms with Crippen molar-refractivity contribution in [3.8, 4) is 0 Å². The standard InChI is InChI=1S/C13H24N4O2/c1-6-17(9(4)7-19-5)13(18)12-10(14)11(8(2)3)15-16-12/h8-9H,6-7,14H2,1-5H3,(H,15,16). The van der Waals surface area contributed by atoms with Crippen LogP contribution in [0, 0.1) is 0 Å². The van der Waals surface area contributed by atoms with Crippen LogP contribution < -0.4 is 5.73 Å². The predicted octanol–water partition coefficient (Wildman–Crippen LogP) is 1.61. The maximum Gasteiger partial charge on any atom is 0.276 e. The van der Waals surface area contributed by atoms with E-state index in [9.17, 15) is 4.79 Å². The lowest BCUT2D eigenvalue weighted by Gasteiger charge is -2.26. The van der Waals surface area contributed by atoms with Gasteiger partial charge in [-0.2, -0.15) is 5.10 Å². The molecule has 0 spiro atoms. The number of rotatable bonds is 6. The van der Waals surface area contributed by atoms with Crippen LogP contribution >= 0.6 is 0 Å². The number of anilines is 1. The lowest BCUT2D eigenvalue weighted by Crippen LogP contribution is -2.41. The third-order valence-electron chi connectivity index (χ3n) is 3.15. The number of nitrogens with one attached hydrogen (secondary N) is 1. The van der Waals surface area contributed by atoms with Gasteiger partial charge in [-0.15, -0.1) is 0 Å². The monoisotopic (exact) mass is 268 g/mol. The van der Waals surface area contributed by atoms with Gasteiger partial charge in [0.05, 0.1) is 24.0 Å². The van der Waals surface area contributed by atoms with Crippen molar-refractivity contribution in [3.05, 3.63) is 11.4 Å². The lowest BCUT2D eigenvalue weighted by molar-refractivity contribution is 0.0574. The van der Waals surface area contributed by atoms with E-state index in [1.54, 1.807) is 12.0 Å². The molecule has 19 heavy (non-hydrogen) atoms. The first-order valence-corrected chi connectivity index (χ1v) is 6.57. The van der Waals surface area contributed by atoms with Gasteiger partial charge in [0.1, 0.15) is 0 Å². The van der Waals surface area contributed by atoms with Crippen LogP contribution in [0.4, 0.5) is 5.69 Å². The molecule has 0 radical (unpaired) electrons. The lowest BCUT2D eigenvalue weighted by atomic mass is 10.1. The maximum absolute atomic E-state index is 12.5. The molecule has 1 rings (SSSR count). The van der Waals surface area contributed by atoms with E-state index < -0.39 is 0 Å². The molecule has 1 heterocycles. The van der Waals surface area contributed by atoms with E-state index in [0.717, 1.165) is 5.69 Å². The molecule has 6 nitrogen and oxygen atoms in total. The molecule has 1 aromatic rings. The molecule has 1 atom stereocenters. The number of hydrogen-bond donors (Lipinski definition) is 2. The summed E-state index contributed by atoms with van der Waals surface area (Å²) in [7, 11) is 1.62. The Balaban J connectivity index is 2.98. The van der Waals surface area contributed by atoms with Crippen LogP contribution in [0.5, 0.6) is 0 Å². The van der Waals surface area contributed by atoms with E-state index >= 15 is 0 Å². The number of carbonyl (C=O) groups excluding carboxylic acids is 1. The van der Waals surface area contributed by atoms with Gasteiger partial charge in [-0.3, -0.25) is 9.89 Å². The van der Waals surface area contributed by atoms with Crippen molar-refractivity contribution < 1.29 is 9.53 Å². The third kappa shape index (κ3) is 3.26. The highest BCUT2D eigenvalue weighted by Gasteiger charge is 2.25. The average Bonchev–Trinajstić information content (AvgIpc) is 2.72. The van der Waals surface area contributed by atoms with Crippen molar-refractivity contribution in [3.63, 3.8) is 0 Å². The zero-order valence-electron chi connectivity index (χ0n) is 12.4. The normalized spacial score (nSPS) is 12.7. The highest BCUT2D eigenvalue weighted by molar-refractivity contribution is 5.97. The van der Waals surface area contributed by atoms with Gasteiger partial charge in [0.2, 0.25) is 0 Å². The second-order valence-electron chi connectivity index (χ2n) is 4.95. The second-order valence-corrected chi connectivity index (χ2v) is 4.95. The highest BCUT2D eigenvalue weighted by atomic mass is 16.5. The van der Waals surface area contributed by atoms with Crippen LogP contribution in [0.3, 0.4) is 0 Å². The van der Waals surface area contributed by atoms with Gasteiger partial charge in [0, 0.05) is 13.7 Å². The molecular formula is C13H24N4O2. The summed E-state index contributed by atoms with van der Waals surface area (Å²) in [6, 6.07) is -0.0129. The Morgan fingerprint density at radius 2 is 2.11 bits per heavy atom. The van der Waals surface area contributed by atoms with Gasteiger partial charge in [-0.1, -0.05) is 13.8 Å². The van der Waals surface area contributed by atoms with E-state index in [1.165, 1.54) is 0 Å². The zero-order chi connectivity index (χ0) is 14.6. The number of likely N-dealkylation sites (N-methyl/N-ethyl adjacent to an activating group) is 1. The van der Waals surface area contributed by atoms with Crippen molar-refractivity contribution in [2.75, 3.05) is 26.0 Å². The number of aromatic nitrogens is 2. The molecule has 0 aliphatic heterocycles.